The van der Waals surface area contributed by atoms with Crippen LogP contribution in [0.5, 0.6) is 5.75 Å². The third-order valence-corrected chi connectivity index (χ3v) is 5.20. The van der Waals surface area contributed by atoms with Gasteiger partial charge in [-0.3, -0.25) is 9.20 Å². The van der Waals surface area contributed by atoms with Crippen LogP contribution in [-0.2, 0) is 0 Å². The van der Waals surface area contributed by atoms with Crippen molar-refractivity contribution in [3.05, 3.63) is 69.8 Å². The predicted molar refractivity (Wildman–Crippen MR) is 109 cm³/mol. The summed E-state index contributed by atoms with van der Waals surface area (Å²) in [5.41, 5.74) is 2.69. The van der Waals surface area contributed by atoms with Gasteiger partial charge >= 0.3 is 0 Å². The minimum atomic E-state index is -0.269. The van der Waals surface area contributed by atoms with Gasteiger partial charge in [-0.15, -0.1) is 11.3 Å². The third kappa shape index (κ3) is 3.64. The van der Waals surface area contributed by atoms with Crippen LogP contribution in [0.15, 0.2) is 54.0 Å². The number of anilines is 1. The molecule has 0 aliphatic rings. The summed E-state index contributed by atoms with van der Waals surface area (Å²) in [6.07, 6.45) is 1.83. The van der Waals surface area contributed by atoms with E-state index in [1.807, 2.05) is 30.5 Å². The van der Waals surface area contributed by atoms with Gasteiger partial charge in [0, 0.05) is 32.9 Å². The Hall–Kier alpha value is -2.54. The van der Waals surface area contributed by atoms with Crippen molar-refractivity contribution >= 4 is 51.1 Å². The van der Waals surface area contributed by atoms with Gasteiger partial charge < -0.3 is 10.1 Å². The second-order valence-corrected chi connectivity index (χ2v) is 7.45. The van der Waals surface area contributed by atoms with Crippen molar-refractivity contribution in [1.82, 2.24) is 9.38 Å². The Balaban J connectivity index is 1.66. The molecule has 0 radical (unpaired) electrons. The number of methoxy groups -OCH3 is 1. The van der Waals surface area contributed by atoms with Crippen LogP contribution >= 0.6 is 34.5 Å². The predicted octanol–water partition coefficient (Wildman–Crippen LogP) is 5.63. The Morgan fingerprint density at radius 2 is 1.96 bits per heavy atom. The average molecular weight is 418 g/mol. The molecule has 0 aliphatic carbocycles. The first-order valence-corrected chi connectivity index (χ1v) is 9.55. The van der Waals surface area contributed by atoms with E-state index in [0.29, 0.717) is 21.4 Å². The number of ether oxygens (including phenoxy) is 1. The molecule has 0 saturated carbocycles. The van der Waals surface area contributed by atoms with Crippen molar-refractivity contribution in [1.29, 1.82) is 0 Å². The Bertz CT molecular complexity index is 1130. The highest BCUT2D eigenvalue weighted by atomic mass is 35.5. The SMILES string of the molecule is COc1cccc(-c2cn3c(C(=O)Nc4cc(Cl)cc(Cl)c4)csc3n2)c1. The lowest BCUT2D eigenvalue weighted by molar-refractivity contribution is 0.102. The Kier molecular flexibility index (Phi) is 4.78. The van der Waals surface area contributed by atoms with Gasteiger partial charge in [-0.1, -0.05) is 35.3 Å². The number of carbonyl (C=O) groups is 1. The molecule has 1 N–H and O–H groups in total. The molecule has 2 aromatic carbocycles. The smallest absolute Gasteiger partial charge is 0.273 e. The minimum Gasteiger partial charge on any atom is -0.497 e. The maximum atomic E-state index is 12.7. The number of halogens is 2. The van der Waals surface area contributed by atoms with Crippen LogP contribution in [0.3, 0.4) is 0 Å². The fourth-order valence-corrected chi connectivity index (χ4v) is 4.07. The molecule has 2 heterocycles. The number of benzene rings is 2. The summed E-state index contributed by atoms with van der Waals surface area (Å²) in [6, 6.07) is 12.5. The minimum absolute atomic E-state index is 0.269. The maximum Gasteiger partial charge on any atom is 0.273 e. The lowest BCUT2D eigenvalue weighted by Crippen LogP contribution is -2.13. The quantitative estimate of drug-likeness (QED) is 0.467. The van der Waals surface area contributed by atoms with Gasteiger partial charge in [-0.05, 0) is 30.3 Å². The number of imidazole rings is 1. The molecule has 1 amide bonds. The number of rotatable bonds is 4. The topological polar surface area (TPSA) is 55.6 Å². The van der Waals surface area contributed by atoms with Crippen LogP contribution in [0.4, 0.5) is 5.69 Å². The van der Waals surface area contributed by atoms with Crippen molar-refractivity contribution in [3.8, 4) is 17.0 Å². The second kappa shape index (κ2) is 7.23. The normalized spacial score (nSPS) is 10.9. The summed E-state index contributed by atoms with van der Waals surface area (Å²) in [5, 5.41) is 5.49. The molecule has 0 atom stereocenters. The van der Waals surface area contributed by atoms with Crippen LogP contribution in [-0.4, -0.2) is 22.4 Å². The summed E-state index contributed by atoms with van der Waals surface area (Å²) in [5.74, 6) is 0.480. The van der Waals surface area contributed by atoms with Crippen molar-refractivity contribution < 1.29 is 9.53 Å². The summed E-state index contributed by atoms with van der Waals surface area (Å²) in [7, 11) is 1.62. The molecule has 5 nitrogen and oxygen atoms in total. The molecule has 2 aromatic heterocycles. The molecule has 4 aromatic rings. The molecular weight excluding hydrogens is 405 g/mol. The number of hydrogen-bond acceptors (Lipinski definition) is 4. The Morgan fingerprint density at radius 3 is 2.70 bits per heavy atom. The van der Waals surface area contributed by atoms with Gasteiger partial charge in [0.25, 0.3) is 5.91 Å². The van der Waals surface area contributed by atoms with Crippen LogP contribution in [0.1, 0.15) is 10.5 Å². The zero-order valence-corrected chi connectivity index (χ0v) is 16.4. The molecular formula is C19H13Cl2N3O2S. The fourth-order valence-electron chi connectivity index (χ4n) is 2.69. The van der Waals surface area contributed by atoms with E-state index in [1.165, 1.54) is 11.3 Å². The standard InChI is InChI=1S/C19H13Cl2N3O2S/c1-26-15-4-2-3-11(5-15)16-9-24-17(10-27-19(24)23-16)18(25)22-14-7-12(20)6-13(21)8-14/h2-10H,1H3,(H,22,25). The van der Waals surface area contributed by atoms with Crippen LogP contribution in [0.2, 0.25) is 10.0 Å². The highest BCUT2D eigenvalue weighted by molar-refractivity contribution is 7.15. The van der Waals surface area contributed by atoms with Gasteiger partial charge in [0.05, 0.1) is 12.8 Å². The summed E-state index contributed by atoms with van der Waals surface area (Å²) in [4.78, 5) is 18.0. The van der Waals surface area contributed by atoms with Gasteiger partial charge in [0.15, 0.2) is 4.96 Å². The molecule has 0 spiro atoms. The number of thiazole rings is 1. The lowest BCUT2D eigenvalue weighted by Gasteiger charge is -2.05. The highest BCUT2D eigenvalue weighted by Crippen LogP contribution is 2.27. The highest BCUT2D eigenvalue weighted by Gasteiger charge is 2.16. The van der Waals surface area contributed by atoms with Crippen molar-refractivity contribution in [2.24, 2.45) is 0 Å². The third-order valence-electron chi connectivity index (χ3n) is 3.93. The van der Waals surface area contributed by atoms with E-state index >= 15 is 0 Å². The number of aromatic nitrogens is 2. The van der Waals surface area contributed by atoms with Gasteiger partial charge in [0.2, 0.25) is 0 Å². The van der Waals surface area contributed by atoms with Gasteiger partial charge in [0.1, 0.15) is 11.4 Å². The molecule has 136 valence electrons. The number of nitrogens with zero attached hydrogens (tertiary/aromatic N) is 2. The summed E-state index contributed by atoms with van der Waals surface area (Å²) >= 11 is 13.4. The van der Waals surface area contributed by atoms with Crippen LogP contribution in [0.25, 0.3) is 16.2 Å². The van der Waals surface area contributed by atoms with Gasteiger partial charge in [-0.2, -0.15) is 0 Å². The van der Waals surface area contributed by atoms with E-state index in [4.69, 9.17) is 27.9 Å². The number of nitrogens with one attached hydrogen (secondary N) is 1. The molecule has 27 heavy (non-hydrogen) atoms. The van der Waals surface area contributed by atoms with E-state index in [1.54, 1.807) is 35.1 Å². The van der Waals surface area contributed by atoms with Crippen LogP contribution < -0.4 is 10.1 Å². The maximum absolute atomic E-state index is 12.7. The molecule has 0 fully saturated rings. The molecule has 0 unspecified atom stereocenters. The largest absolute Gasteiger partial charge is 0.497 e. The second-order valence-electron chi connectivity index (χ2n) is 5.74. The monoisotopic (exact) mass is 417 g/mol. The Labute approximate surface area is 169 Å². The van der Waals surface area contributed by atoms with Crippen molar-refractivity contribution in [2.75, 3.05) is 12.4 Å². The fraction of sp³-hybridized carbons (Fsp3) is 0.0526. The first-order chi connectivity index (χ1) is 13.0. The van der Waals surface area contributed by atoms with E-state index in [2.05, 4.69) is 10.3 Å². The first kappa shape index (κ1) is 17.9. The zero-order valence-electron chi connectivity index (χ0n) is 14.1. The van der Waals surface area contributed by atoms with Crippen molar-refractivity contribution in [3.63, 3.8) is 0 Å². The number of fused-ring (bicyclic) bond motifs is 1. The number of amides is 1. The summed E-state index contributed by atoms with van der Waals surface area (Å²) in [6.45, 7) is 0. The molecule has 0 bridgehead atoms. The average Bonchev–Trinajstić information content (AvgIpc) is 3.21. The Morgan fingerprint density at radius 1 is 1.19 bits per heavy atom. The van der Waals surface area contributed by atoms with E-state index < -0.39 is 0 Å². The molecule has 8 heteroatoms. The van der Waals surface area contributed by atoms with E-state index in [9.17, 15) is 4.79 Å². The molecule has 0 saturated heterocycles. The number of carbonyl (C=O) groups excluding carboxylic acids is 1. The zero-order chi connectivity index (χ0) is 19.0. The van der Waals surface area contributed by atoms with E-state index in [0.717, 1.165) is 22.0 Å². The lowest BCUT2D eigenvalue weighted by atomic mass is 10.1. The number of hydrogen-bond donors (Lipinski definition) is 1. The molecule has 0 aliphatic heterocycles. The van der Waals surface area contributed by atoms with Gasteiger partial charge in [-0.25, -0.2) is 4.98 Å². The first-order valence-electron chi connectivity index (χ1n) is 7.92. The van der Waals surface area contributed by atoms with Crippen LogP contribution in [0, 0.1) is 0 Å². The van der Waals surface area contributed by atoms with Crippen molar-refractivity contribution in [2.45, 2.75) is 0 Å². The summed E-state index contributed by atoms with van der Waals surface area (Å²) < 4.78 is 7.03. The molecule has 4 rings (SSSR count). The van der Waals surface area contributed by atoms with E-state index in [-0.39, 0.29) is 5.91 Å².